The summed E-state index contributed by atoms with van der Waals surface area (Å²) in [5, 5.41) is 0. The van der Waals surface area contributed by atoms with Gasteiger partial charge < -0.3 is 9.47 Å². The van der Waals surface area contributed by atoms with Gasteiger partial charge in [0.1, 0.15) is 0 Å². The van der Waals surface area contributed by atoms with Crippen molar-refractivity contribution in [1.82, 2.24) is 0 Å². The highest BCUT2D eigenvalue weighted by Crippen LogP contribution is 2.36. The van der Waals surface area contributed by atoms with E-state index >= 15 is 0 Å². The zero-order valence-electron chi connectivity index (χ0n) is 14.0. The maximum Gasteiger partial charge on any atom is 0.334 e. The van der Waals surface area contributed by atoms with E-state index in [2.05, 4.69) is 0 Å². The molecule has 4 nitrogen and oxygen atoms in total. The van der Waals surface area contributed by atoms with Gasteiger partial charge in [0.2, 0.25) is 0 Å². The minimum atomic E-state index is -0.407. The van der Waals surface area contributed by atoms with Gasteiger partial charge in [-0.1, -0.05) is 40.0 Å². The Kier molecular flexibility index (Phi) is 6.43. The number of esters is 2. The van der Waals surface area contributed by atoms with Crippen LogP contribution in [0.2, 0.25) is 0 Å². The maximum absolute atomic E-state index is 12.3. The largest absolute Gasteiger partial charge is 0.466 e. The summed E-state index contributed by atoms with van der Waals surface area (Å²) in [6.07, 6.45) is 5.77. The van der Waals surface area contributed by atoms with Gasteiger partial charge in [-0.25, -0.2) is 9.59 Å². The zero-order valence-corrected chi connectivity index (χ0v) is 14.0. The van der Waals surface area contributed by atoms with Gasteiger partial charge in [-0.05, 0) is 30.6 Å². The first kappa shape index (κ1) is 17.7. The minimum Gasteiger partial charge on any atom is -0.466 e. The van der Waals surface area contributed by atoms with Crippen molar-refractivity contribution in [3.05, 3.63) is 11.1 Å². The highest BCUT2D eigenvalue weighted by Gasteiger charge is 2.32. The Bertz CT molecular complexity index is 409. The molecule has 120 valence electrons. The summed E-state index contributed by atoms with van der Waals surface area (Å²) in [7, 11) is 2.73. The summed E-state index contributed by atoms with van der Waals surface area (Å²) in [5.74, 6) is -0.676. The summed E-state index contributed by atoms with van der Waals surface area (Å²) in [6.45, 7) is 6.14. The second-order valence-electron chi connectivity index (χ2n) is 6.95. The second kappa shape index (κ2) is 7.62. The van der Waals surface area contributed by atoms with Crippen molar-refractivity contribution >= 4 is 11.9 Å². The predicted octanol–water partition coefficient (Wildman–Crippen LogP) is 3.65. The van der Waals surface area contributed by atoms with E-state index in [0.29, 0.717) is 17.6 Å². The molecular weight excluding hydrogens is 268 g/mol. The average molecular weight is 296 g/mol. The van der Waals surface area contributed by atoms with Crippen molar-refractivity contribution in [2.75, 3.05) is 14.2 Å². The lowest BCUT2D eigenvalue weighted by Crippen LogP contribution is -2.25. The molecule has 1 rings (SSSR count). The van der Waals surface area contributed by atoms with Gasteiger partial charge >= 0.3 is 11.9 Å². The molecule has 0 spiro atoms. The molecule has 21 heavy (non-hydrogen) atoms. The highest BCUT2D eigenvalue weighted by atomic mass is 16.5. The van der Waals surface area contributed by atoms with Crippen LogP contribution in [-0.2, 0) is 19.1 Å². The van der Waals surface area contributed by atoms with Crippen LogP contribution < -0.4 is 0 Å². The maximum atomic E-state index is 12.3. The van der Waals surface area contributed by atoms with E-state index < -0.39 is 5.97 Å². The number of methoxy groups -OCH3 is 2. The zero-order chi connectivity index (χ0) is 16.0. The van der Waals surface area contributed by atoms with Gasteiger partial charge in [0.25, 0.3) is 0 Å². The fraction of sp³-hybridized carbons (Fsp3) is 0.765. The molecule has 0 bridgehead atoms. The summed E-state index contributed by atoms with van der Waals surface area (Å²) < 4.78 is 9.87. The number of hydrogen-bond donors (Lipinski definition) is 0. The normalized spacial score (nSPS) is 18.0. The van der Waals surface area contributed by atoms with Gasteiger partial charge in [0.15, 0.2) is 0 Å². The molecule has 1 aliphatic carbocycles. The fourth-order valence-corrected chi connectivity index (χ4v) is 2.97. The van der Waals surface area contributed by atoms with Crippen molar-refractivity contribution in [3.63, 3.8) is 0 Å². The van der Waals surface area contributed by atoms with Gasteiger partial charge in [-0.2, -0.15) is 0 Å². The van der Waals surface area contributed by atoms with Crippen molar-refractivity contribution < 1.29 is 19.1 Å². The van der Waals surface area contributed by atoms with E-state index in [9.17, 15) is 9.59 Å². The third kappa shape index (κ3) is 5.18. The van der Waals surface area contributed by atoms with E-state index in [0.717, 1.165) is 25.7 Å². The topological polar surface area (TPSA) is 52.6 Å². The number of carbonyl (C=O) groups excluding carboxylic acids is 2. The van der Waals surface area contributed by atoms with Crippen molar-refractivity contribution in [2.45, 2.75) is 59.3 Å². The molecule has 0 saturated heterocycles. The van der Waals surface area contributed by atoms with Crippen LogP contribution in [0.15, 0.2) is 11.1 Å². The lowest BCUT2D eigenvalue weighted by molar-refractivity contribution is -0.140. The SMILES string of the molecule is COC(=O)C(CC(C)(C)C)=C(C(=O)OC)C1CCCCC1. The number of ether oxygens (including phenoxy) is 2. The first-order valence-electron chi connectivity index (χ1n) is 7.70. The molecular formula is C17H28O4. The Morgan fingerprint density at radius 3 is 1.90 bits per heavy atom. The van der Waals surface area contributed by atoms with Crippen LogP contribution in [0.25, 0.3) is 0 Å². The third-order valence-electron chi connectivity index (χ3n) is 3.88. The van der Waals surface area contributed by atoms with E-state index in [1.165, 1.54) is 20.6 Å². The van der Waals surface area contributed by atoms with E-state index in [-0.39, 0.29) is 17.3 Å². The molecule has 0 amide bonds. The van der Waals surface area contributed by atoms with Crippen LogP contribution in [-0.4, -0.2) is 26.2 Å². The van der Waals surface area contributed by atoms with Crippen LogP contribution in [0.4, 0.5) is 0 Å². The molecule has 0 atom stereocenters. The molecule has 0 aromatic heterocycles. The van der Waals surface area contributed by atoms with Gasteiger partial charge in [0.05, 0.1) is 19.8 Å². The first-order valence-corrected chi connectivity index (χ1v) is 7.70. The molecule has 0 aromatic rings. The second-order valence-corrected chi connectivity index (χ2v) is 6.95. The minimum absolute atomic E-state index is 0.0997. The van der Waals surface area contributed by atoms with E-state index in [4.69, 9.17) is 9.47 Å². The van der Waals surface area contributed by atoms with Crippen molar-refractivity contribution in [2.24, 2.45) is 11.3 Å². The predicted molar refractivity (Wildman–Crippen MR) is 81.7 cm³/mol. The fourth-order valence-electron chi connectivity index (χ4n) is 2.97. The molecule has 4 heteroatoms. The smallest absolute Gasteiger partial charge is 0.334 e. The summed E-state index contributed by atoms with van der Waals surface area (Å²) >= 11 is 0. The van der Waals surface area contributed by atoms with Gasteiger partial charge in [-0.15, -0.1) is 0 Å². The van der Waals surface area contributed by atoms with E-state index in [1.807, 2.05) is 20.8 Å². The quantitative estimate of drug-likeness (QED) is 0.587. The summed E-state index contributed by atoms with van der Waals surface area (Å²) in [5.41, 5.74) is 0.931. The van der Waals surface area contributed by atoms with Crippen molar-refractivity contribution in [1.29, 1.82) is 0 Å². The summed E-state index contributed by atoms with van der Waals surface area (Å²) in [4.78, 5) is 24.5. The molecule has 0 N–H and O–H groups in total. The first-order chi connectivity index (χ1) is 9.80. The summed E-state index contributed by atoms with van der Waals surface area (Å²) in [6, 6.07) is 0. The number of hydrogen-bond acceptors (Lipinski definition) is 4. The lowest BCUT2D eigenvalue weighted by atomic mass is 9.78. The standard InChI is InChI=1S/C17H28O4/c1-17(2,3)11-13(15(18)20-4)14(16(19)21-5)12-9-7-6-8-10-12/h12H,6-11H2,1-5H3. The lowest BCUT2D eigenvalue weighted by Gasteiger charge is -2.27. The van der Waals surface area contributed by atoms with Gasteiger partial charge in [0, 0.05) is 5.57 Å². The molecule has 0 aromatic carbocycles. The molecule has 1 fully saturated rings. The average Bonchev–Trinajstić information content (AvgIpc) is 2.45. The van der Waals surface area contributed by atoms with Crippen LogP contribution in [0.3, 0.4) is 0 Å². The van der Waals surface area contributed by atoms with Crippen LogP contribution in [0.1, 0.15) is 59.3 Å². The number of rotatable bonds is 4. The monoisotopic (exact) mass is 296 g/mol. The Morgan fingerprint density at radius 2 is 1.48 bits per heavy atom. The Hall–Kier alpha value is -1.32. The van der Waals surface area contributed by atoms with Gasteiger partial charge in [-0.3, -0.25) is 0 Å². The van der Waals surface area contributed by atoms with Crippen LogP contribution in [0, 0.1) is 11.3 Å². The van der Waals surface area contributed by atoms with E-state index in [1.54, 1.807) is 0 Å². The Labute approximate surface area is 127 Å². The van der Waals surface area contributed by atoms with Crippen LogP contribution in [0.5, 0.6) is 0 Å². The highest BCUT2D eigenvalue weighted by molar-refractivity contribution is 6.00. The third-order valence-corrected chi connectivity index (χ3v) is 3.88. The van der Waals surface area contributed by atoms with Crippen LogP contribution >= 0.6 is 0 Å². The molecule has 0 heterocycles. The molecule has 0 radical (unpaired) electrons. The Balaban J connectivity index is 3.28. The molecule has 0 unspecified atom stereocenters. The van der Waals surface area contributed by atoms with Crippen molar-refractivity contribution in [3.8, 4) is 0 Å². The molecule has 1 aliphatic rings. The molecule has 0 aliphatic heterocycles. The number of carbonyl (C=O) groups is 2. The Morgan fingerprint density at radius 1 is 0.952 bits per heavy atom. The molecule has 1 saturated carbocycles.